The molecule has 0 aromatic heterocycles. The quantitative estimate of drug-likeness (QED) is 0.252. The van der Waals surface area contributed by atoms with Gasteiger partial charge in [-0.1, -0.05) is 55.0 Å². The van der Waals surface area contributed by atoms with Crippen molar-refractivity contribution in [1.82, 2.24) is 10.6 Å². The zero-order chi connectivity index (χ0) is 27.2. The molecule has 0 aliphatic carbocycles. The second-order valence-electron chi connectivity index (χ2n) is 9.08. The molecule has 37 heavy (non-hydrogen) atoms. The summed E-state index contributed by atoms with van der Waals surface area (Å²) in [7, 11) is 0. The van der Waals surface area contributed by atoms with Gasteiger partial charge in [0.05, 0.1) is 18.5 Å². The van der Waals surface area contributed by atoms with E-state index in [-0.39, 0.29) is 25.0 Å². The third-order valence-corrected chi connectivity index (χ3v) is 6.05. The SMILES string of the molecule is CC(=O)[C@H](CC(N)=O)NC(=O)[C@H](CCCCN)CC(=O)[C@H](Cc1ccccc1)NC(=O)c1ccccc1. The summed E-state index contributed by atoms with van der Waals surface area (Å²) >= 11 is 0. The van der Waals surface area contributed by atoms with Gasteiger partial charge in [-0.05, 0) is 50.4 Å². The first kappa shape index (κ1) is 29.4. The first-order chi connectivity index (χ1) is 17.7. The van der Waals surface area contributed by atoms with Crippen LogP contribution in [0.3, 0.4) is 0 Å². The van der Waals surface area contributed by atoms with Crippen molar-refractivity contribution in [3.05, 3.63) is 71.8 Å². The van der Waals surface area contributed by atoms with E-state index in [0.29, 0.717) is 31.4 Å². The van der Waals surface area contributed by atoms with E-state index in [4.69, 9.17) is 11.5 Å². The van der Waals surface area contributed by atoms with E-state index in [0.717, 1.165) is 5.56 Å². The molecular weight excluding hydrogens is 472 g/mol. The minimum atomic E-state index is -1.06. The fourth-order valence-electron chi connectivity index (χ4n) is 3.96. The molecule has 0 aliphatic rings. The van der Waals surface area contributed by atoms with Gasteiger partial charge in [0.1, 0.15) is 0 Å². The summed E-state index contributed by atoms with van der Waals surface area (Å²) < 4.78 is 0. The van der Waals surface area contributed by atoms with Crippen molar-refractivity contribution in [2.45, 2.75) is 57.5 Å². The molecule has 0 aliphatic heterocycles. The summed E-state index contributed by atoms with van der Waals surface area (Å²) in [5.74, 6) is -3.10. The van der Waals surface area contributed by atoms with Gasteiger partial charge in [0.25, 0.3) is 5.91 Å². The smallest absolute Gasteiger partial charge is 0.251 e. The van der Waals surface area contributed by atoms with Crippen LogP contribution in [0.1, 0.15) is 54.9 Å². The van der Waals surface area contributed by atoms with Gasteiger partial charge in [0, 0.05) is 17.9 Å². The van der Waals surface area contributed by atoms with Crippen molar-refractivity contribution in [3.63, 3.8) is 0 Å². The fraction of sp³-hybridized carbons (Fsp3) is 0.393. The number of carbonyl (C=O) groups is 5. The number of rotatable bonds is 16. The predicted octanol–water partition coefficient (Wildman–Crippen LogP) is 1.68. The highest BCUT2D eigenvalue weighted by atomic mass is 16.2. The van der Waals surface area contributed by atoms with Gasteiger partial charge in [-0.2, -0.15) is 0 Å². The molecule has 198 valence electrons. The molecule has 0 bridgehead atoms. The van der Waals surface area contributed by atoms with Crippen molar-refractivity contribution in [1.29, 1.82) is 0 Å². The summed E-state index contributed by atoms with van der Waals surface area (Å²) in [6.07, 6.45) is 1.40. The normalized spacial score (nSPS) is 13.1. The average Bonchev–Trinajstić information content (AvgIpc) is 2.88. The van der Waals surface area contributed by atoms with Crippen molar-refractivity contribution < 1.29 is 24.0 Å². The molecular formula is C28H36N4O5. The Morgan fingerprint density at radius 3 is 2.00 bits per heavy atom. The number of hydrogen-bond acceptors (Lipinski definition) is 6. The number of benzene rings is 2. The monoisotopic (exact) mass is 508 g/mol. The first-order valence-electron chi connectivity index (χ1n) is 12.4. The Balaban J connectivity index is 2.23. The van der Waals surface area contributed by atoms with Gasteiger partial charge < -0.3 is 22.1 Å². The number of carbonyl (C=O) groups excluding carboxylic acids is 5. The zero-order valence-corrected chi connectivity index (χ0v) is 21.2. The van der Waals surface area contributed by atoms with Gasteiger partial charge in [-0.25, -0.2) is 0 Å². The molecule has 0 unspecified atom stereocenters. The Morgan fingerprint density at radius 1 is 0.811 bits per heavy atom. The molecule has 0 heterocycles. The maximum absolute atomic E-state index is 13.5. The minimum Gasteiger partial charge on any atom is -0.370 e. The van der Waals surface area contributed by atoms with E-state index in [1.165, 1.54) is 6.92 Å². The number of unbranched alkanes of at least 4 members (excludes halogenated alkanes) is 1. The number of Topliss-reactive ketones (excluding diaryl/α,β-unsaturated/α-hetero) is 2. The summed E-state index contributed by atoms with van der Waals surface area (Å²) in [5, 5.41) is 5.40. The Labute approximate surface area is 217 Å². The summed E-state index contributed by atoms with van der Waals surface area (Å²) in [5.41, 5.74) is 12.1. The Kier molecular flexibility index (Phi) is 12.2. The van der Waals surface area contributed by atoms with Crippen LogP contribution >= 0.6 is 0 Å². The molecule has 0 radical (unpaired) electrons. The highest BCUT2D eigenvalue weighted by molar-refractivity contribution is 5.99. The number of nitrogens with two attached hydrogens (primary N) is 2. The van der Waals surface area contributed by atoms with E-state index in [1.807, 2.05) is 30.3 Å². The molecule has 6 N–H and O–H groups in total. The number of primary amides is 1. The van der Waals surface area contributed by atoms with E-state index >= 15 is 0 Å². The molecule has 2 aromatic carbocycles. The Bertz CT molecular complexity index is 1060. The number of amides is 3. The molecule has 0 saturated carbocycles. The molecule has 0 fully saturated rings. The highest BCUT2D eigenvalue weighted by Gasteiger charge is 2.30. The number of nitrogens with one attached hydrogen (secondary N) is 2. The lowest BCUT2D eigenvalue weighted by Gasteiger charge is -2.23. The molecule has 3 amide bonds. The summed E-state index contributed by atoms with van der Waals surface area (Å²) in [4.78, 5) is 62.8. The van der Waals surface area contributed by atoms with E-state index in [2.05, 4.69) is 10.6 Å². The second-order valence-corrected chi connectivity index (χ2v) is 9.08. The Morgan fingerprint density at radius 2 is 1.43 bits per heavy atom. The van der Waals surface area contributed by atoms with Gasteiger partial charge in [0.15, 0.2) is 11.6 Å². The van der Waals surface area contributed by atoms with Crippen LogP contribution in [0.15, 0.2) is 60.7 Å². The van der Waals surface area contributed by atoms with Crippen LogP contribution in [0.5, 0.6) is 0 Å². The molecule has 2 rings (SSSR count). The maximum Gasteiger partial charge on any atom is 0.251 e. The average molecular weight is 509 g/mol. The van der Waals surface area contributed by atoms with Gasteiger partial charge in [-0.3, -0.25) is 24.0 Å². The van der Waals surface area contributed by atoms with Crippen molar-refractivity contribution in [2.75, 3.05) is 6.54 Å². The third kappa shape index (κ3) is 10.3. The molecule has 3 atom stereocenters. The van der Waals surface area contributed by atoms with Crippen LogP contribution in [-0.2, 0) is 25.6 Å². The van der Waals surface area contributed by atoms with Gasteiger partial charge in [0.2, 0.25) is 11.8 Å². The largest absolute Gasteiger partial charge is 0.370 e. The molecule has 9 heteroatoms. The van der Waals surface area contributed by atoms with Crippen LogP contribution < -0.4 is 22.1 Å². The molecule has 0 saturated heterocycles. The lowest BCUT2D eigenvalue weighted by Crippen LogP contribution is -2.47. The first-order valence-corrected chi connectivity index (χ1v) is 12.4. The maximum atomic E-state index is 13.5. The number of ketones is 2. The van der Waals surface area contributed by atoms with Crippen LogP contribution in [-0.4, -0.2) is 47.9 Å². The lowest BCUT2D eigenvalue weighted by atomic mass is 9.90. The molecule has 0 spiro atoms. The van der Waals surface area contributed by atoms with Crippen LogP contribution in [0.2, 0.25) is 0 Å². The fourth-order valence-corrected chi connectivity index (χ4v) is 3.96. The summed E-state index contributed by atoms with van der Waals surface area (Å²) in [6.45, 7) is 1.70. The predicted molar refractivity (Wildman–Crippen MR) is 140 cm³/mol. The number of hydrogen-bond donors (Lipinski definition) is 4. The van der Waals surface area contributed by atoms with Crippen molar-refractivity contribution >= 4 is 29.3 Å². The van der Waals surface area contributed by atoms with Crippen LogP contribution in [0, 0.1) is 5.92 Å². The van der Waals surface area contributed by atoms with E-state index in [9.17, 15) is 24.0 Å². The molecule has 9 nitrogen and oxygen atoms in total. The van der Waals surface area contributed by atoms with Crippen molar-refractivity contribution in [3.8, 4) is 0 Å². The molecule has 2 aromatic rings. The highest BCUT2D eigenvalue weighted by Crippen LogP contribution is 2.18. The topological polar surface area (TPSA) is 161 Å². The standard InChI is InChI=1S/C28H36N4O5/c1-19(33)23(18-26(30)35)31-28(37)22(14-8-9-15-29)17-25(34)24(16-20-10-4-2-5-11-20)32-27(36)21-12-6-3-7-13-21/h2-7,10-13,22-24H,8-9,14-18,29H2,1H3,(H2,30,35)(H,31,37)(H,32,36)/t22-,23+,24+/m1/s1. The second kappa shape index (κ2) is 15.3. The minimum absolute atomic E-state index is 0.149. The van der Waals surface area contributed by atoms with Crippen molar-refractivity contribution in [2.24, 2.45) is 17.4 Å². The van der Waals surface area contributed by atoms with Gasteiger partial charge in [-0.15, -0.1) is 0 Å². The Hall–Kier alpha value is -3.85. The third-order valence-electron chi connectivity index (χ3n) is 6.05. The van der Waals surface area contributed by atoms with E-state index < -0.39 is 41.5 Å². The van der Waals surface area contributed by atoms with E-state index in [1.54, 1.807) is 30.3 Å². The van der Waals surface area contributed by atoms with Crippen LogP contribution in [0.4, 0.5) is 0 Å². The lowest BCUT2D eigenvalue weighted by molar-refractivity contribution is -0.133. The zero-order valence-electron chi connectivity index (χ0n) is 21.2. The van der Waals surface area contributed by atoms with Gasteiger partial charge >= 0.3 is 0 Å². The van der Waals surface area contributed by atoms with Crippen LogP contribution in [0.25, 0.3) is 0 Å². The summed E-state index contributed by atoms with van der Waals surface area (Å²) in [6, 6.07) is 15.9.